The molecule has 6 heteroatoms. The van der Waals surface area contributed by atoms with Crippen molar-refractivity contribution in [2.45, 2.75) is 40.5 Å². The average molecular weight is 514 g/mol. The number of ether oxygens (including phenoxy) is 3. The van der Waals surface area contributed by atoms with Crippen molar-refractivity contribution in [2.24, 2.45) is 0 Å². The minimum Gasteiger partial charge on any atom is -0.496 e. The summed E-state index contributed by atoms with van der Waals surface area (Å²) < 4.78 is 17.1. The van der Waals surface area contributed by atoms with Gasteiger partial charge in [-0.15, -0.1) is 0 Å². The molecule has 0 N–H and O–H groups in total. The maximum Gasteiger partial charge on any atom is 0.318 e. The van der Waals surface area contributed by atoms with Crippen molar-refractivity contribution in [3.63, 3.8) is 0 Å². The molecule has 200 valence electrons. The molecule has 0 aliphatic carbocycles. The molecule has 4 aromatic rings. The molecule has 2 heterocycles. The van der Waals surface area contributed by atoms with E-state index in [1.165, 1.54) is 22.3 Å². The number of anilines is 1. The van der Waals surface area contributed by atoms with Crippen LogP contribution < -0.4 is 14.4 Å². The van der Waals surface area contributed by atoms with E-state index in [2.05, 4.69) is 73.3 Å². The first-order valence-electron chi connectivity index (χ1n) is 13.6. The van der Waals surface area contributed by atoms with E-state index in [0.29, 0.717) is 25.8 Å². The van der Waals surface area contributed by atoms with Crippen LogP contribution in [-0.2, 0) is 17.6 Å². The molecule has 0 spiro atoms. The summed E-state index contributed by atoms with van der Waals surface area (Å²) in [6, 6.07) is 21.7. The Labute approximate surface area is 226 Å². The molecule has 0 saturated carbocycles. The van der Waals surface area contributed by atoms with Crippen molar-refractivity contribution in [3.8, 4) is 22.9 Å². The smallest absolute Gasteiger partial charge is 0.318 e. The Morgan fingerprint density at radius 3 is 2.34 bits per heavy atom. The minimum absolute atomic E-state index is 0.413. The van der Waals surface area contributed by atoms with Gasteiger partial charge in [0.1, 0.15) is 11.6 Å². The molecule has 0 unspecified atom stereocenters. The van der Waals surface area contributed by atoms with Crippen LogP contribution in [0, 0.1) is 6.92 Å². The summed E-state index contributed by atoms with van der Waals surface area (Å²) >= 11 is 0. The molecule has 1 aliphatic heterocycles. The summed E-state index contributed by atoms with van der Waals surface area (Å²) in [4.78, 5) is 11.9. The van der Waals surface area contributed by atoms with Gasteiger partial charge in [0.2, 0.25) is 0 Å². The van der Waals surface area contributed by atoms with Crippen molar-refractivity contribution >= 4 is 16.7 Å². The third-order valence-electron chi connectivity index (χ3n) is 6.70. The van der Waals surface area contributed by atoms with Gasteiger partial charge in [0.25, 0.3) is 0 Å². The van der Waals surface area contributed by atoms with Crippen LogP contribution in [0.2, 0.25) is 0 Å². The van der Waals surface area contributed by atoms with Gasteiger partial charge < -0.3 is 19.1 Å². The maximum absolute atomic E-state index is 6.10. The van der Waals surface area contributed by atoms with Crippen LogP contribution in [0.3, 0.4) is 0 Å². The predicted octanol–water partition coefficient (Wildman–Crippen LogP) is 6.66. The second-order valence-electron chi connectivity index (χ2n) is 9.13. The molecule has 38 heavy (non-hydrogen) atoms. The van der Waals surface area contributed by atoms with E-state index < -0.39 is 0 Å². The second kappa shape index (κ2) is 13.2. The fraction of sp³-hybridized carbons (Fsp3) is 0.375. The highest BCUT2D eigenvalue weighted by atomic mass is 16.5. The Morgan fingerprint density at radius 1 is 0.895 bits per heavy atom. The summed E-state index contributed by atoms with van der Waals surface area (Å²) in [5.74, 6) is 1.84. The Balaban J connectivity index is 0.00000164. The zero-order valence-electron chi connectivity index (χ0n) is 23.3. The van der Waals surface area contributed by atoms with Crippen molar-refractivity contribution < 1.29 is 14.2 Å². The van der Waals surface area contributed by atoms with Gasteiger partial charge in [-0.2, -0.15) is 9.97 Å². The number of hydrogen-bond donors (Lipinski definition) is 0. The van der Waals surface area contributed by atoms with Gasteiger partial charge >= 0.3 is 6.01 Å². The molecule has 0 atom stereocenters. The van der Waals surface area contributed by atoms with Gasteiger partial charge in [0.05, 0.1) is 32.4 Å². The quantitative estimate of drug-likeness (QED) is 0.263. The summed E-state index contributed by atoms with van der Waals surface area (Å²) in [6.07, 6.45) is 1.71. The maximum atomic E-state index is 6.10. The van der Waals surface area contributed by atoms with Crippen LogP contribution in [0.15, 0.2) is 60.7 Å². The van der Waals surface area contributed by atoms with Crippen molar-refractivity contribution in [3.05, 3.63) is 77.4 Å². The van der Waals surface area contributed by atoms with Gasteiger partial charge in [-0.05, 0) is 53.8 Å². The molecule has 6 nitrogen and oxygen atoms in total. The number of fused-ring (bicyclic) bond motifs is 1. The van der Waals surface area contributed by atoms with Gasteiger partial charge in [-0.25, -0.2) is 0 Å². The van der Waals surface area contributed by atoms with Crippen LogP contribution in [-0.4, -0.2) is 50.0 Å². The molecule has 3 aromatic carbocycles. The summed E-state index contributed by atoms with van der Waals surface area (Å²) in [7, 11) is 1.71. The number of nitrogens with zero attached hydrogens (tertiary/aromatic N) is 3. The zero-order chi connectivity index (χ0) is 26.9. The first-order chi connectivity index (χ1) is 18.6. The monoisotopic (exact) mass is 513 g/mol. The number of methoxy groups -OCH3 is 1. The average Bonchev–Trinajstić information content (AvgIpc) is 2.98. The van der Waals surface area contributed by atoms with E-state index in [1.807, 2.05) is 19.9 Å². The fourth-order valence-electron chi connectivity index (χ4n) is 4.62. The molecule has 0 amide bonds. The lowest BCUT2D eigenvalue weighted by Crippen LogP contribution is -2.37. The summed E-state index contributed by atoms with van der Waals surface area (Å²) in [6.45, 7) is 11.7. The van der Waals surface area contributed by atoms with E-state index in [9.17, 15) is 0 Å². The number of benzene rings is 3. The largest absolute Gasteiger partial charge is 0.496 e. The highest BCUT2D eigenvalue weighted by molar-refractivity contribution is 5.93. The number of aromatic nitrogens is 2. The van der Waals surface area contributed by atoms with Gasteiger partial charge in [-0.3, -0.25) is 0 Å². The molecule has 5 rings (SSSR count). The van der Waals surface area contributed by atoms with Crippen LogP contribution in [0.25, 0.3) is 22.0 Å². The van der Waals surface area contributed by atoms with Gasteiger partial charge in [-0.1, -0.05) is 68.8 Å². The topological polar surface area (TPSA) is 56.7 Å². The van der Waals surface area contributed by atoms with E-state index >= 15 is 0 Å². The number of rotatable bonds is 8. The van der Waals surface area contributed by atoms with E-state index in [4.69, 9.17) is 24.2 Å². The molecule has 1 fully saturated rings. The van der Waals surface area contributed by atoms with E-state index in [-0.39, 0.29) is 0 Å². The summed E-state index contributed by atoms with van der Waals surface area (Å²) in [5, 5.41) is 1.03. The Morgan fingerprint density at radius 2 is 1.63 bits per heavy atom. The molecular formula is C32H39N3O3. The lowest BCUT2D eigenvalue weighted by molar-refractivity contribution is 0.122. The van der Waals surface area contributed by atoms with E-state index in [0.717, 1.165) is 54.0 Å². The molecule has 0 radical (unpaired) electrons. The summed E-state index contributed by atoms with van der Waals surface area (Å²) in [5.41, 5.74) is 6.89. The molecule has 1 saturated heterocycles. The lowest BCUT2D eigenvalue weighted by Gasteiger charge is -2.29. The van der Waals surface area contributed by atoms with Crippen LogP contribution in [0.4, 0.5) is 5.82 Å². The highest BCUT2D eigenvalue weighted by Crippen LogP contribution is 2.31. The Bertz CT molecular complexity index is 1330. The lowest BCUT2D eigenvalue weighted by atomic mass is 10.0. The third kappa shape index (κ3) is 6.43. The Kier molecular flexibility index (Phi) is 9.55. The normalized spacial score (nSPS) is 13.1. The number of aryl methyl sites for hydroxylation is 2. The molecular weight excluding hydrogens is 474 g/mol. The second-order valence-corrected chi connectivity index (χ2v) is 9.13. The SMILES string of the molecule is CC.CCc1cc(CCOc2nc(N3CCOCC3)c3cc(-c4ccc(C)cc4)ccc3n2)ccc1OC. The first kappa shape index (κ1) is 27.4. The first-order valence-corrected chi connectivity index (χ1v) is 13.6. The molecule has 0 bridgehead atoms. The predicted molar refractivity (Wildman–Crippen MR) is 156 cm³/mol. The standard InChI is InChI=1S/C30H33N3O3.C2H6/c1-4-23-19-22(7-12-28(23)34-3)13-16-36-30-31-27-11-10-25(24-8-5-21(2)6-9-24)20-26(27)29(32-30)33-14-17-35-18-15-33;1-2/h5-12,19-20H,4,13-18H2,1-3H3;1-2H3. The van der Waals surface area contributed by atoms with Crippen molar-refractivity contribution in [2.75, 3.05) is 44.9 Å². The van der Waals surface area contributed by atoms with Crippen LogP contribution in [0.1, 0.15) is 37.5 Å². The fourth-order valence-corrected chi connectivity index (χ4v) is 4.62. The third-order valence-corrected chi connectivity index (χ3v) is 6.70. The van der Waals surface area contributed by atoms with Crippen molar-refractivity contribution in [1.29, 1.82) is 0 Å². The van der Waals surface area contributed by atoms with Crippen molar-refractivity contribution in [1.82, 2.24) is 9.97 Å². The van der Waals surface area contributed by atoms with E-state index in [1.54, 1.807) is 7.11 Å². The zero-order valence-corrected chi connectivity index (χ0v) is 23.3. The highest BCUT2D eigenvalue weighted by Gasteiger charge is 2.19. The molecule has 1 aliphatic rings. The minimum atomic E-state index is 0.413. The Hall–Kier alpha value is -3.64. The number of morpholine rings is 1. The van der Waals surface area contributed by atoms with Crippen LogP contribution >= 0.6 is 0 Å². The van der Waals surface area contributed by atoms with Gasteiger partial charge in [0, 0.05) is 24.9 Å². The van der Waals surface area contributed by atoms with Gasteiger partial charge in [0.15, 0.2) is 0 Å². The molecule has 1 aromatic heterocycles. The van der Waals surface area contributed by atoms with Crippen LogP contribution in [0.5, 0.6) is 11.8 Å². The number of hydrogen-bond acceptors (Lipinski definition) is 6.